The van der Waals surface area contributed by atoms with Crippen molar-refractivity contribution in [3.8, 4) is 0 Å². The molecular formula is C22H33N3O2S. The second kappa shape index (κ2) is 10.9. The second-order valence-electron chi connectivity index (χ2n) is 7.92. The summed E-state index contributed by atoms with van der Waals surface area (Å²) in [6, 6.07) is 7.73. The van der Waals surface area contributed by atoms with Gasteiger partial charge in [-0.25, -0.2) is 0 Å². The summed E-state index contributed by atoms with van der Waals surface area (Å²) in [6.45, 7) is 2.24. The molecule has 1 saturated heterocycles. The molecule has 1 fully saturated rings. The highest BCUT2D eigenvalue weighted by atomic mass is 32.1. The van der Waals surface area contributed by atoms with E-state index in [0.29, 0.717) is 13.0 Å². The molecule has 0 aromatic heterocycles. The first-order chi connectivity index (χ1) is 13.7. The Kier molecular flexibility index (Phi) is 8.22. The minimum absolute atomic E-state index is 0.0235. The fraction of sp³-hybridized carbons (Fsp3) is 0.636. The molecule has 2 heterocycles. The van der Waals surface area contributed by atoms with Gasteiger partial charge in [0.25, 0.3) is 0 Å². The van der Waals surface area contributed by atoms with Crippen molar-refractivity contribution in [1.82, 2.24) is 15.5 Å². The van der Waals surface area contributed by atoms with E-state index in [4.69, 9.17) is 0 Å². The Labute approximate surface area is 174 Å². The van der Waals surface area contributed by atoms with E-state index in [1.54, 1.807) is 0 Å². The Bertz CT molecular complexity index is 661. The molecule has 6 heteroatoms. The largest absolute Gasteiger partial charge is 0.343 e. The zero-order valence-electron chi connectivity index (χ0n) is 16.7. The van der Waals surface area contributed by atoms with Crippen LogP contribution < -0.4 is 10.6 Å². The predicted octanol–water partition coefficient (Wildman–Crippen LogP) is 2.69. The van der Waals surface area contributed by atoms with Gasteiger partial charge in [0.2, 0.25) is 11.8 Å². The van der Waals surface area contributed by atoms with Crippen molar-refractivity contribution in [3.05, 3.63) is 35.4 Å². The van der Waals surface area contributed by atoms with Crippen molar-refractivity contribution in [1.29, 1.82) is 0 Å². The molecule has 2 aliphatic heterocycles. The third kappa shape index (κ3) is 5.74. The summed E-state index contributed by atoms with van der Waals surface area (Å²) in [7, 11) is 0. The maximum atomic E-state index is 13.3. The van der Waals surface area contributed by atoms with Gasteiger partial charge in [0, 0.05) is 13.1 Å². The van der Waals surface area contributed by atoms with E-state index in [-0.39, 0.29) is 17.9 Å². The van der Waals surface area contributed by atoms with E-state index < -0.39 is 6.04 Å². The summed E-state index contributed by atoms with van der Waals surface area (Å²) in [5.74, 6) is 0.897. The lowest BCUT2D eigenvalue weighted by molar-refractivity contribution is -0.138. The molecule has 0 aliphatic carbocycles. The van der Waals surface area contributed by atoms with Crippen LogP contribution in [-0.4, -0.2) is 47.6 Å². The molecule has 5 nitrogen and oxygen atoms in total. The Morgan fingerprint density at radius 2 is 2.00 bits per heavy atom. The van der Waals surface area contributed by atoms with Crippen LogP contribution in [0.5, 0.6) is 0 Å². The quantitative estimate of drug-likeness (QED) is 0.462. The molecule has 2 N–H and O–H groups in total. The van der Waals surface area contributed by atoms with Gasteiger partial charge in [-0.1, -0.05) is 43.5 Å². The number of carbonyl (C=O) groups is 2. The number of piperidine rings is 1. The predicted molar refractivity (Wildman–Crippen MR) is 115 cm³/mol. The monoisotopic (exact) mass is 403 g/mol. The lowest BCUT2D eigenvalue weighted by atomic mass is 9.98. The standard InChI is InChI=1S/C22H33N3O2S/c26-21(19-10-5-6-13-23-19)24-20(11-2-1-7-15-28)22(27)25-14-12-17-8-3-4-9-18(17)16-25/h3-4,8-9,19-20,23,28H,1-2,5-7,10-16H2,(H,24,26)/t19?,20-/m0/s1. The molecule has 1 aromatic rings. The zero-order valence-corrected chi connectivity index (χ0v) is 17.6. The van der Waals surface area contributed by atoms with Crippen molar-refractivity contribution < 1.29 is 9.59 Å². The van der Waals surface area contributed by atoms with Gasteiger partial charge in [-0.15, -0.1) is 0 Å². The van der Waals surface area contributed by atoms with E-state index in [9.17, 15) is 9.59 Å². The zero-order chi connectivity index (χ0) is 19.8. The molecule has 0 radical (unpaired) electrons. The highest BCUT2D eigenvalue weighted by Crippen LogP contribution is 2.20. The fourth-order valence-corrected chi connectivity index (χ4v) is 4.37. The number of nitrogens with one attached hydrogen (secondary N) is 2. The van der Waals surface area contributed by atoms with Gasteiger partial charge in [-0.3, -0.25) is 9.59 Å². The highest BCUT2D eigenvalue weighted by Gasteiger charge is 2.30. The molecule has 0 saturated carbocycles. The van der Waals surface area contributed by atoms with E-state index in [0.717, 1.165) is 63.8 Å². The number of carbonyl (C=O) groups excluding carboxylic acids is 2. The maximum Gasteiger partial charge on any atom is 0.245 e. The summed E-state index contributed by atoms with van der Waals surface area (Å²) in [4.78, 5) is 27.9. The number of fused-ring (bicyclic) bond motifs is 1. The van der Waals surface area contributed by atoms with Gasteiger partial charge in [0.05, 0.1) is 6.04 Å². The van der Waals surface area contributed by atoms with Crippen molar-refractivity contribution in [2.45, 2.75) is 70.0 Å². The van der Waals surface area contributed by atoms with Gasteiger partial charge in [-0.05, 0) is 55.5 Å². The third-order valence-electron chi connectivity index (χ3n) is 5.83. The SMILES string of the molecule is O=C(N[C@@H](CCCCCS)C(=O)N1CCc2ccccc2C1)C1CCCCN1. The van der Waals surface area contributed by atoms with Gasteiger partial charge in [-0.2, -0.15) is 12.6 Å². The van der Waals surface area contributed by atoms with Gasteiger partial charge in [0.1, 0.15) is 6.04 Å². The first-order valence-electron chi connectivity index (χ1n) is 10.7. The molecule has 1 unspecified atom stereocenters. The van der Waals surface area contributed by atoms with Gasteiger partial charge < -0.3 is 15.5 Å². The van der Waals surface area contributed by atoms with E-state index in [1.807, 2.05) is 11.0 Å². The molecular weight excluding hydrogens is 370 g/mol. The molecule has 0 bridgehead atoms. The summed E-state index contributed by atoms with van der Waals surface area (Å²) in [6.07, 6.45) is 7.61. The second-order valence-corrected chi connectivity index (χ2v) is 8.36. The Morgan fingerprint density at radius 1 is 1.18 bits per heavy atom. The summed E-state index contributed by atoms with van der Waals surface area (Å²) in [5.41, 5.74) is 2.54. The Balaban J connectivity index is 1.63. The van der Waals surface area contributed by atoms with Crippen LogP contribution in [0, 0.1) is 0 Å². The number of rotatable bonds is 8. The number of amides is 2. The minimum Gasteiger partial charge on any atom is -0.343 e. The molecule has 154 valence electrons. The van der Waals surface area contributed by atoms with Crippen LogP contribution in [0.3, 0.4) is 0 Å². The number of hydrogen-bond donors (Lipinski definition) is 3. The highest BCUT2D eigenvalue weighted by molar-refractivity contribution is 7.80. The van der Waals surface area contributed by atoms with E-state index in [1.165, 1.54) is 11.1 Å². The average Bonchev–Trinajstić information content (AvgIpc) is 2.75. The van der Waals surface area contributed by atoms with Crippen molar-refractivity contribution >= 4 is 24.4 Å². The first kappa shape index (κ1) is 21.2. The van der Waals surface area contributed by atoms with Crippen molar-refractivity contribution in [2.24, 2.45) is 0 Å². The van der Waals surface area contributed by atoms with Crippen LogP contribution in [-0.2, 0) is 22.6 Å². The number of benzene rings is 1. The summed E-state index contributed by atoms with van der Waals surface area (Å²) in [5, 5.41) is 6.36. The molecule has 0 spiro atoms. The van der Waals surface area contributed by atoms with Crippen LogP contribution in [0.25, 0.3) is 0 Å². The maximum absolute atomic E-state index is 13.3. The lowest BCUT2D eigenvalue weighted by Gasteiger charge is -2.33. The van der Waals surface area contributed by atoms with E-state index in [2.05, 4.69) is 41.5 Å². The number of thiol groups is 1. The molecule has 2 atom stereocenters. The first-order valence-corrected chi connectivity index (χ1v) is 11.3. The van der Waals surface area contributed by atoms with Gasteiger partial charge in [0.15, 0.2) is 0 Å². The van der Waals surface area contributed by atoms with E-state index >= 15 is 0 Å². The topological polar surface area (TPSA) is 61.4 Å². The Morgan fingerprint density at radius 3 is 2.75 bits per heavy atom. The van der Waals surface area contributed by atoms with Crippen LogP contribution in [0.4, 0.5) is 0 Å². The number of hydrogen-bond acceptors (Lipinski definition) is 4. The molecule has 1 aromatic carbocycles. The normalized spacial score (nSPS) is 20.3. The number of nitrogens with zero attached hydrogens (tertiary/aromatic N) is 1. The van der Waals surface area contributed by atoms with Crippen LogP contribution >= 0.6 is 12.6 Å². The third-order valence-corrected chi connectivity index (χ3v) is 6.15. The molecule has 2 aliphatic rings. The smallest absolute Gasteiger partial charge is 0.245 e. The summed E-state index contributed by atoms with van der Waals surface area (Å²) < 4.78 is 0. The molecule has 3 rings (SSSR count). The number of unbranched alkanes of at least 4 members (excludes halogenated alkanes) is 2. The van der Waals surface area contributed by atoms with Crippen LogP contribution in [0.2, 0.25) is 0 Å². The fourth-order valence-electron chi connectivity index (χ4n) is 4.15. The lowest BCUT2D eigenvalue weighted by Crippen LogP contribution is -2.54. The minimum atomic E-state index is -0.429. The Hall–Kier alpha value is -1.53. The molecule has 28 heavy (non-hydrogen) atoms. The van der Waals surface area contributed by atoms with Crippen LogP contribution in [0.15, 0.2) is 24.3 Å². The van der Waals surface area contributed by atoms with Crippen molar-refractivity contribution in [2.75, 3.05) is 18.8 Å². The molecule has 2 amide bonds. The average molecular weight is 404 g/mol. The van der Waals surface area contributed by atoms with Crippen LogP contribution in [0.1, 0.15) is 56.1 Å². The van der Waals surface area contributed by atoms with Gasteiger partial charge >= 0.3 is 0 Å². The summed E-state index contributed by atoms with van der Waals surface area (Å²) >= 11 is 4.27. The van der Waals surface area contributed by atoms with Crippen molar-refractivity contribution in [3.63, 3.8) is 0 Å².